The summed E-state index contributed by atoms with van der Waals surface area (Å²) in [6.45, 7) is 3.18. The first kappa shape index (κ1) is 11.9. The molecule has 0 bridgehead atoms. The third-order valence-electron chi connectivity index (χ3n) is 2.31. The Morgan fingerprint density at radius 3 is 2.94 bits per heavy atom. The van der Waals surface area contributed by atoms with E-state index >= 15 is 0 Å². The molecule has 0 unspecified atom stereocenters. The number of benzene rings is 1. The van der Waals surface area contributed by atoms with Crippen LogP contribution in [0.15, 0.2) is 30.6 Å². The molecular formula is C12H12ClFN2O. The van der Waals surface area contributed by atoms with Crippen LogP contribution in [0.2, 0.25) is 5.02 Å². The Kier molecular flexibility index (Phi) is 3.64. The summed E-state index contributed by atoms with van der Waals surface area (Å²) >= 11 is 5.58. The summed E-state index contributed by atoms with van der Waals surface area (Å²) in [5, 5.41) is 4.21. The Morgan fingerprint density at radius 2 is 2.29 bits per heavy atom. The van der Waals surface area contributed by atoms with E-state index in [0.29, 0.717) is 12.4 Å². The van der Waals surface area contributed by atoms with Gasteiger partial charge in [0, 0.05) is 24.4 Å². The highest BCUT2D eigenvalue weighted by Gasteiger charge is 2.03. The second kappa shape index (κ2) is 5.19. The molecule has 90 valence electrons. The van der Waals surface area contributed by atoms with Gasteiger partial charge in [-0.1, -0.05) is 11.6 Å². The highest BCUT2D eigenvalue weighted by atomic mass is 35.5. The van der Waals surface area contributed by atoms with E-state index in [9.17, 15) is 4.39 Å². The lowest BCUT2D eigenvalue weighted by molar-refractivity contribution is 0.304. The van der Waals surface area contributed by atoms with Crippen LogP contribution in [0.5, 0.6) is 5.75 Å². The van der Waals surface area contributed by atoms with Crippen LogP contribution in [-0.4, -0.2) is 9.78 Å². The third kappa shape index (κ3) is 2.97. The van der Waals surface area contributed by atoms with Gasteiger partial charge in [0.25, 0.3) is 0 Å². The van der Waals surface area contributed by atoms with Gasteiger partial charge in [-0.05, 0) is 19.1 Å². The Bertz CT molecular complexity index is 513. The maximum atomic E-state index is 13.1. The number of aryl methyl sites for hydroxylation is 1. The van der Waals surface area contributed by atoms with E-state index in [1.807, 2.05) is 13.1 Å². The van der Waals surface area contributed by atoms with Gasteiger partial charge in [-0.25, -0.2) is 4.39 Å². The normalized spacial score (nSPS) is 10.5. The minimum absolute atomic E-state index is 0.0937. The Labute approximate surface area is 104 Å². The molecule has 0 amide bonds. The maximum Gasteiger partial charge on any atom is 0.145 e. The first-order valence-corrected chi connectivity index (χ1v) is 5.66. The average molecular weight is 255 g/mol. The van der Waals surface area contributed by atoms with E-state index in [0.717, 1.165) is 12.1 Å². The zero-order valence-corrected chi connectivity index (χ0v) is 10.1. The number of rotatable bonds is 4. The molecule has 5 heteroatoms. The van der Waals surface area contributed by atoms with Gasteiger partial charge >= 0.3 is 0 Å². The molecule has 0 aliphatic carbocycles. The summed E-state index contributed by atoms with van der Waals surface area (Å²) in [6, 6.07) is 4.38. The number of hydrogen-bond donors (Lipinski definition) is 0. The molecule has 3 nitrogen and oxygen atoms in total. The zero-order valence-electron chi connectivity index (χ0n) is 9.36. The Hall–Kier alpha value is -1.55. The highest BCUT2D eigenvalue weighted by molar-refractivity contribution is 6.30. The molecule has 0 atom stereocenters. The monoisotopic (exact) mass is 254 g/mol. The lowest BCUT2D eigenvalue weighted by Crippen LogP contribution is -1.95. The quantitative estimate of drug-likeness (QED) is 0.837. The SMILES string of the molecule is CCn1cc(COc2ccc(Cl)c(F)c2)cn1. The largest absolute Gasteiger partial charge is 0.489 e. The molecule has 1 aromatic carbocycles. The second-order valence-corrected chi connectivity index (χ2v) is 3.98. The molecule has 0 N–H and O–H groups in total. The van der Waals surface area contributed by atoms with E-state index < -0.39 is 5.82 Å². The number of aromatic nitrogens is 2. The molecule has 1 aromatic heterocycles. The molecule has 0 saturated carbocycles. The Balaban J connectivity index is 1.99. The van der Waals surface area contributed by atoms with Crippen molar-refractivity contribution in [3.63, 3.8) is 0 Å². The number of ether oxygens (including phenoxy) is 1. The lowest BCUT2D eigenvalue weighted by atomic mass is 10.3. The number of hydrogen-bond acceptors (Lipinski definition) is 2. The first-order valence-electron chi connectivity index (χ1n) is 5.28. The van der Waals surface area contributed by atoms with Crippen LogP contribution in [0.3, 0.4) is 0 Å². The van der Waals surface area contributed by atoms with E-state index in [-0.39, 0.29) is 5.02 Å². The molecule has 0 spiro atoms. The fourth-order valence-corrected chi connectivity index (χ4v) is 1.50. The summed E-state index contributed by atoms with van der Waals surface area (Å²) in [6.07, 6.45) is 3.63. The van der Waals surface area contributed by atoms with Gasteiger partial charge in [0.1, 0.15) is 18.2 Å². The van der Waals surface area contributed by atoms with E-state index in [1.54, 1.807) is 16.9 Å². The molecule has 0 aliphatic heterocycles. The first-order chi connectivity index (χ1) is 8.19. The van der Waals surface area contributed by atoms with E-state index in [4.69, 9.17) is 16.3 Å². The fourth-order valence-electron chi connectivity index (χ4n) is 1.39. The molecule has 0 fully saturated rings. The van der Waals surface area contributed by atoms with Crippen molar-refractivity contribution in [3.05, 3.63) is 47.0 Å². The third-order valence-corrected chi connectivity index (χ3v) is 2.61. The summed E-state index contributed by atoms with van der Waals surface area (Å²) < 4.78 is 20.4. The van der Waals surface area contributed by atoms with Crippen molar-refractivity contribution >= 4 is 11.6 Å². The molecule has 0 aliphatic rings. The van der Waals surface area contributed by atoms with Crippen molar-refractivity contribution in [2.24, 2.45) is 0 Å². The van der Waals surface area contributed by atoms with Crippen LogP contribution < -0.4 is 4.74 Å². The van der Waals surface area contributed by atoms with Crippen molar-refractivity contribution in [2.45, 2.75) is 20.1 Å². The molecule has 0 saturated heterocycles. The van der Waals surface area contributed by atoms with Crippen LogP contribution in [0.25, 0.3) is 0 Å². The molecular weight excluding hydrogens is 243 g/mol. The van der Waals surface area contributed by atoms with Gasteiger partial charge in [0.05, 0.1) is 11.2 Å². The van der Waals surface area contributed by atoms with Gasteiger partial charge in [0.2, 0.25) is 0 Å². The van der Waals surface area contributed by atoms with Crippen LogP contribution in [-0.2, 0) is 13.2 Å². The van der Waals surface area contributed by atoms with Crippen molar-refractivity contribution in [3.8, 4) is 5.75 Å². The van der Waals surface area contributed by atoms with Crippen molar-refractivity contribution < 1.29 is 9.13 Å². The van der Waals surface area contributed by atoms with E-state index in [2.05, 4.69) is 5.10 Å². The number of nitrogens with zero attached hydrogens (tertiary/aromatic N) is 2. The van der Waals surface area contributed by atoms with Crippen LogP contribution >= 0.6 is 11.6 Å². The summed E-state index contributed by atoms with van der Waals surface area (Å²) in [5.41, 5.74) is 0.946. The summed E-state index contributed by atoms with van der Waals surface area (Å²) in [7, 11) is 0. The number of halogens is 2. The molecule has 2 rings (SSSR count). The minimum atomic E-state index is -0.478. The lowest BCUT2D eigenvalue weighted by Gasteiger charge is -2.04. The minimum Gasteiger partial charge on any atom is -0.489 e. The van der Waals surface area contributed by atoms with Gasteiger partial charge in [-0.15, -0.1) is 0 Å². The maximum absolute atomic E-state index is 13.1. The standard InChI is InChI=1S/C12H12ClFN2O/c1-2-16-7-9(6-15-16)8-17-10-3-4-11(13)12(14)5-10/h3-7H,2,8H2,1H3. The van der Waals surface area contributed by atoms with Gasteiger partial charge in [-0.3, -0.25) is 4.68 Å². The summed E-state index contributed by atoms with van der Waals surface area (Å²) in [4.78, 5) is 0. The fraction of sp³-hybridized carbons (Fsp3) is 0.250. The van der Waals surface area contributed by atoms with Crippen LogP contribution in [0, 0.1) is 5.82 Å². The van der Waals surface area contributed by atoms with Crippen molar-refractivity contribution in [2.75, 3.05) is 0 Å². The molecule has 1 heterocycles. The van der Waals surface area contributed by atoms with Crippen molar-refractivity contribution in [1.29, 1.82) is 0 Å². The van der Waals surface area contributed by atoms with Crippen LogP contribution in [0.1, 0.15) is 12.5 Å². The summed E-state index contributed by atoms with van der Waals surface area (Å²) in [5.74, 6) is -0.0235. The van der Waals surface area contributed by atoms with Gasteiger partial charge in [0.15, 0.2) is 0 Å². The average Bonchev–Trinajstić information content (AvgIpc) is 2.79. The molecule has 0 radical (unpaired) electrons. The molecule has 17 heavy (non-hydrogen) atoms. The van der Waals surface area contributed by atoms with E-state index in [1.165, 1.54) is 12.1 Å². The van der Waals surface area contributed by atoms with Gasteiger partial charge < -0.3 is 4.74 Å². The smallest absolute Gasteiger partial charge is 0.145 e. The Morgan fingerprint density at radius 1 is 1.47 bits per heavy atom. The highest BCUT2D eigenvalue weighted by Crippen LogP contribution is 2.21. The zero-order chi connectivity index (χ0) is 12.3. The second-order valence-electron chi connectivity index (χ2n) is 3.57. The predicted molar refractivity (Wildman–Crippen MR) is 63.6 cm³/mol. The van der Waals surface area contributed by atoms with Gasteiger partial charge in [-0.2, -0.15) is 5.10 Å². The predicted octanol–water partition coefficient (Wildman–Crippen LogP) is 3.27. The van der Waals surface area contributed by atoms with Crippen LogP contribution in [0.4, 0.5) is 4.39 Å². The topological polar surface area (TPSA) is 27.1 Å². The van der Waals surface area contributed by atoms with Crippen molar-refractivity contribution in [1.82, 2.24) is 9.78 Å². The molecule has 2 aromatic rings.